The Morgan fingerprint density at radius 3 is 2.86 bits per heavy atom. The monoisotopic (exact) mass is 213 g/mol. The maximum atomic E-state index is 9.16. The largest absolute Gasteiger partial charge is 0.389 e. The van der Waals surface area contributed by atoms with Crippen molar-refractivity contribution in [3.63, 3.8) is 0 Å². The van der Waals surface area contributed by atoms with Gasteiger partial charge in [-0.25, -0.2) is 9.97 Å². The van der Waals surface area contributed by atoms with Crippen molar-refractivity contribution in [2.75, 3.05) is 18.0 Å². The molecule has 2 heterocycles. The Hall–Kier alpha value is -0.870. The van der Waals surface area contributed by atoms with Gasteiger partial charge in [0.15, 0.2) is 0 Å². The molecule has 4 nitrogen and oxygen atoms in total. The van der Waals surface area contributed by atoms with Crippen LogP contribution < -0.4 is 4.90 Å². The molecule has 0 spiro atoms. The first-order chi connectivity index (χ1) is 6.69. The number of aliphatic hydroxyl groups excluding tert-OH is 1. The summed E-state index contributed by atoms with van der Waals surface area (Å²) in [6.07, 6.45) is 0.540. The summed E-state index contributed by atoms with van der Waals surface area (Å²) >= 11 is 5.85. The Kier molecular flexibility index (Phi) is 2.56. The molecule has 1 saturated heterocycles. The molecule has 1 fully saturated rings. The van der Waals surface area contributed by atoms with E-state index in [1.807, 2.05) is 11.8 Å². The van der Waals surface area contributed by atoms with E-state index in [0.29, 0.717) is 18.2 Å². The van der Waals surface area contributed by atoms with Gasteiger partial charge < -0.3 is 10.0 Å². The summed E-state index contributed by atoms with van der Waals surface area (Å²) in [6, 6.07) is 1.73. The predicted octanol–water partition coefficient (Wildman–Crippen LogP) is 0.873. The fourth-order valence-electron chi connectivity index (χ4n) is 1.41. The highest BCUT2D eigenvalue weighted by atomic mass is 35.5. The zero-order chi connectivity index (χ0) is 10.1. The van der Waals surface area contributed by atoms with E-state index in [-0.39, 0.29) is 6.10 Å². The molecule has 1 aliphatic rings. The fraction of sp³-hybridized carbons (Fsp3) is 0.556. The minimum Gasteiger partial charge on any atom is -0.389 e. The zero-order valence-corrected chi connectivity index (χ0v) is 8.70. The molecule has 0 aromatic carbocycles. The summed E-state index contributed by atoms with van der Waals surface area (Å²) in [4.78, 5) is 10.4. The van der Waals surface area contributed by atoms with Crippen molar-refractivity contribution in [1.82, 2.24) is 9.97 Å². The van der Waals surface area contributed by atoms with E-state index >= 15 is 0 Å². The first kappa shape index (κ1) is 9.68. The Morgan fingerprint density at radius 2 is 2.29 bits per heavy atom. The minimum absolute atomic E-state index is 0.228. The number of aromatic nitrogens is 2. The van der Waals surface area contributed by atoms with Crippen molar-refractivity contribution in [3.8, 4) is 0 Å². The molecule has 1 aliphatic heterocycles. The number of rotatable bonds is 2. The highest BCUT2D eigenvalue weighted by molar-refractivity contribution is 6.29. The molecule has 1 aromatic rings. The van der Waals surface area contributed by atoms with E-state index < -0.39 is 0 Å². The third-order valence-electron chi connectivity index (χ3n) is 2.23. The van der Waals surface area contributed by atoms with Gasteiger partial charge in [0.05, 0.1) is 6.10 Å². The SMILES string of the molecule is CCc1nc(Cl)cc(N2CC(O)C2)n1. The Bertz CT molecular complexity index is 339. The molecule has 0 aliphatic carbocycles. The minimum atomic E-state index is -0.228. The van der Waals surface area contributed by atoms with E-state index in [1.54, 1.807) is 6.07 Å². The van der Waals surface area contributed by atoms with Crippen molar-refractivity contribution >= 4 is 17.4 Å². The first-order valence-electron chi connectivity index (χ1n) is 4.65. The zero-order valence-electron chi connectivity index (χ0n) is 7.94. The van der Waals surface area contributed by atoms with E-state index in [9.17, 15) is 0 Å². The number of nitrogens with zero attached hydrogens (tertiary/aromatic N) is 3. The quantitative estimate of drug-likeness (QED) is 0.741. The van der Waals surface area contributed by atoms with E-state index in [1.165, 1.54) is 0 Å². The molecule has 0 atom stereocenters. The number of β-amino-alcohol motifs (C(OH)–C–C–N with tert-alkyl or cyclic N) is 1. The van der Waals surface area contributed by atoms with Gasteiger partial charge in [0.25, 0.3) is 0 Å². The molecule has 0 amide bonds. The summed E-state index contributed by atoms with van der Waals surface area (Å²) in [5, 5.41) is 9.62. The average molecular weight is 214 g/mol. The number of halogens is 1. The molecule has 2 rings (SSSR count). The van der Waals surface area contributed by atoms with Gasteiger partial charge in [-0.2, -0.15) is 0 Å². The Morgan fingerprint density at radius 1 is 1.57 bits per heavy atom. The van der Waals surface area contributed by atoms with Crippen molar-refractivity contribution in [1.29, 1.82) is 0 Å². The van der Waals surface area contributed by atoms with Crippen molar-refractivity contribution < 1.29 is 5.11 Å². The van der Waals surface area contributed by atoms with Crippen LogP contribution in [0.4, 0.5) is 5.82 Å². The highest BCUT2D eigenvalue weighted by Gasteiger charge is 2.25. The predicted molar refractivity (Wildman–Crippen MR) is 54.6 cm³/mol. The van der Waals surface area contributed by atoms with Gasteiger partial charge in [-0.1, -0.05) is 18.5 Å². The van der Waals surface area contributed by atoms with E-state index in [4.69, 9.17) is 16.7 Å². The van der Waals surface area contributed by atoms with Crippen molar-refractivity contribution in [2.24, 2.45) is 0 Å². The van der Waals surface area contributed by atoms with Crippen LogP contribution in [-0.4, -0.2) is 34.3 Å². The van der Waals surface area contributed by atoms with Crippen molar-refractivity contribution in [2.45, 2.75) is 19.4 Å². The smallest absolute Gasteiger partial charge is 0.134 e. The number of aryl methyl sites for hydroxylation is 1. The molecule has 5 heteroatoms. The fourth-order valence-corrected chi connectivity index (χ4v) is 1.61. The van der Waals surface area contributed by atoms with Gasteiger partial charge >= 0.3 is 0 Å². The summed E-state index contributed by atoms with van der Waals surface area (Å²) < 4.78 is 0. The third kappa shape index (κ3) is 1.81. The van der Waals surface area contributed by atoms with Crippen LogP contribution in [0.2, 0.25) is 5.15 Å². The normalized spacial score (nSPS) is 16.9. The molecule has 1 aromatic heterocycles. The second-order valence-corrected chi connectivity index (χ2v) is 3.76. The summed E-state index contributed by atoms with van der Waals surface area (Å²) in [5.41, 5.74) is 0. The van der Waals surface area contributed by atoms with Crippen molar-refractivity contribution in [3.05, 3.63) is 17.0 Å². The maximum Gasteiger partial charge on any atom is 0.134 e. The van der Waals surface area contributed by atoms with Gasteiger partial charge in [-0.3, -0.25) is 0 Å². The molecule has 76 valence electrons. The molecule has 0 unspecified atom stereocenters. The lowest BCUT2D eigenvalue weighted by Gasteiger charge is -2.36. The molecule has 0 saturated carbocycles. The second-order valence-electron chi connectivity index (χ2n) is 3.38. The van der Waals surface area contributed by atoms with Gasteiger partial charge in [-0.05, 0) is 0 Å². The molecule has 0 bridgehead atoms. The highest BCUT2D eigenvalue weighted by Crippen LogP contribution is 2.21. The maximum absolute atomic E-state index is 9.16. The van der Waals surface area contributed by atoms with Crippen LogP contribution in [0.5, 0.6) is 0 Å². The van der Waals surface area contributed by atoms with Gasteiger partial charge in [0, 0.05) is 25.6 Å². The lowest BCUT2D eigenvalue weighted by Crippen LogP contribution is -2.51. The number of hydrogen-bond acceptors (Lipinski definition) is 4. The standard InChI is InChI=1S/C9H12ClN3O/c1-2-8-11-7(10)3-9(12-8)13-4-6(14)5-13/h3,6,14H,2,4-5H2,1H3. The van der Waals surface area contributed by atoms with Crippen LogP contribution in [0.1, 0.15) is 12.7 Å². The van der Waals surface area contributed by atoms with Crippen LogP contribution in [0.25, 0.3) is 0 Å². The van der Waals surface area contributed by atoms with Crippen LogP contribution in [0.3, 0.4) is 0 Å². The van der Waals surface area contributed by atoms with Gasteiger partial charge in [-0.15, -0.1) is 0 Å². The molecule has 1 N–H and O–H groups in total. The Balaban J connectivity index is 2.21. The number of anilines is 1. The van der Waals surface area contributed by atoms with E-state index in [0.717, 1.165) is 18.1 Å². The molecular weight excluding hydrogens is 202 g/mol. The average Bonchev–Trinajstić information content (AvgIpc) is 2.12. The lowest BCUT2D eigenvalue weighted by molar-refractivity contribution is 0.141. The number of aliphatic hydroxyl groups is 1. The molecule has 0 radical (unpaired) electrons. The summed E-state index contributed by atoms with van der Waals surface area (Å²) in [6.45, 7) is 3.26. The lowest BCUT2D eigenvalue weighted by atomic mass is 10.2. The van der Waals surface area contributed by atoms with Gasteiger partial charge in [0.1, 0.15) is 16.8 Å². The third-order valence-corrected chi connectivity index (χ3v) is 2.42. The van der Waals surface area contributed by atoms with E-state index in [2.05, 4.69) is 9.97 Å². The Labute approximate surface area is 87.5 Å². The van der Waals surface area contributed by atoms with Crippen LogP contribution >= 0.6 is 11.6 Å². The molecular formula is C9H12ClN3O. The summed E-state index contributed by atoms with van der Waals surface area (Å²) in [5.74, 6) is 1.56. The summed E-state index contributed by atoms with van der Waals surface area (Å²) in [7, 11) is 0. The molecule has 14 heavy (non-hydrogen) atoms. The van der Waals surface area contributed by atoms with Gasteiger partial charge in [0.2, 0.25) is 0 Å². The first-order valence-corrected chi connectivity index (χ1v) is 5.03. The second kappa shape index (κ2) is 3.71. The van der Waals surface area contributed by atoms with Crippen LogP contribution in [0, 0.1) is 0 Å². The topological polar surface area (TPSA) is 49.2 Å². The number of hydrogen-bond donors (Lipinski definition) is 1. The van der Waals surface area contributed by atoms with Crippen LogP contribution in [-0.2, 0) is 6.42 Å². The van der Waals surface area contributed by atoms with Crippen LogP contribution in [0.15, 0.2) is 6.07 Å².